The molecule has 0 aromatic rings. The van der Waals surface area contributed by atoms with Crippen LogP contribution in [-0.2, 0) is 19.0 Å². The van der Waals surface area contributed by atoms with E-state index in [2.05, 4.69) is 5.73 Å². The zero-order valence-corrected chi connectivity index (χ0v) is 18.1. The second-order valence-electron chi connectivity index (χ2n) is 9.02. The van der Waals surface area contributed by atoms with Crippen LogP contribution >= 0.6 is 0 Å². The summed E-state index contributed by atoms with van der Waals surface area (Å²) >= 11 is 0. The van der Waals surface area contributed by atoms with Crippen molar-refractivity contribution < 1.29 is 44.5 Å². The van der Waals surface area contributed by atoms with E-state index in [1.54, 1.807) is 19.9 Å². The Morgan fingerprint density at radius 2 is 1.87 bits per heavy atom. The van der Waals surface area contributed by atoms with Gasteiger partial charge in [-0.05, 0) is 31.8 Å². The summed E-state index contributed by atoms with van der Waals surface area (Å²) in [5, 5.41) is 50.0. The number of aliphatic hydroxyl groups excluding tert-OH is 4. The molecule has 172 valence electrons. The van der Waals surface area contributed by atoms with E-state index >= 15 is 0 Å². The van der Waals surface area contributed by atoms with Crippen molar-refractivity contribution >= 4 is 5.97 Å². The van der Waals surface area contributed by atoms with Crippen molar-refractivity contribution in [2.75, 3.05) is 6.61 Å². The molecule has 1 saturated heterocycles. The van der Waals surface area contributed by atoms with Gasteiger partial charge in [-0.2, -0.15) is 0 Å². The van der Waals surface area contributed by atoms with Gasteiger partial charge < -0.3 is 39.7 Å². The van der Waals surface area contributed by atoms with Gasteiger partial charge in [-0.15, -0.1) is 5.73 Å². The first-order chi connectivity index (χ1) is 13.8. The molecule has 2 fully saturated rings. The molecule has 0 spiro atoms. The van der Waals surface area contributed by atoms with E-state index in [0.717, 1.165) is 0 Å². The van der Waals surface area contributed by atoms with Gasteiger partial charge in [-0.1, -0.05) is 13.8 Å². The number of hydrogen-bond donors (Lipinski definition) is 5. The van der Waals surface area contributed by atoms with Crippen LogP contribution in [0.15, 0.2) is 17.4 Å². The first-order valence-electron chi connectivity index (χ1n) is 10.1. The average molecular weight is 430 g/mol. The van der Waals surface area contributed by atoms with Crippen LogP contribution < -0.4 is 0 Å². The van der Waals surface area contributed by atoms with Gasteiger partial charge >= 0.3 is 5.97 Å². The topological polar surface area (TPSA) is 146 Å². The number of esters is 1. The zero-order valence-electron chi connectivity index (χ0n) is 18.1. The highest BCUT2D eigenvalue weighted by Gasteiger charge is 2.46. The van der Waals surface area contributed by atoms with Crippen molar-refractivity contribution in [3.8, 4) is 0 Å². The van der Waals surface area contributed by atoms with Crippen LogP contribution in [0.5, 0.6) is 0 Å². The minimum Gasteiger partial charge on any atom is -0.462 e. The van der Waals surface area contributed by atoms with E-state index in [9.17, 15) is 30.3 Å². The SMILES string of the molecule is CC(=O)O[C@H]1CC(C)(C)C(=C=C[C@H](C)O[C@@H]2O[C@H](CO)[C@@H](O)[C@H](O)[C@H]2O)[C@](C)(O)C1. The normalized spacial score (nSPS) is 39.7. The van der Waals surface area contributed by atoms with Crippen molar-refractivity contribution in [1.29, 1.82) is 0 Å². The highest BCUT2D eigenvalue weighted by molar-refractivity contribution is 5.66. The molecule has 0 aromatic carbocycles. The van der Waals surface area contributed by atoms with E-state index in [-0.39, 0.29) is 6.42 Å². The number of ether oxygens (including phenoxy) is 3. The fourth-order valence-electron chi connectivity index (χ4n) is 4.32. The largest absolute Gasteiger partial charge is 0.462 e. The number of aliphatic hydroxyl groups is 5. The standard InChI is InChI=1S/C21H34O9/c1-11(28-19-18(26)17(25)16(24)14(10-22)30-19)6-7-15-20(3,4)8-13(29-12(2)23)9-21(15,5)27/h6,11,13-14,16-19,22,24-27H,8-10H2,1-5H3/t7?,11-,13-,14+,16+,17-,18+,19+,21+/m0/s1. The van der Waals surface area contributed by atoms with Crippen LogP contribution in [0, 0.1) is 5.41 Å². The molecule has 1 aliphatic heterocycles. The summed E-state index contributed by atoms with van der Waals surface area (Å²) in [6.07, 6.45) is -5.48. The van der Waals surface area contributed by atoms with E-state index in [4.69, 9.17) is 14.2 Å². The number of carbonyl (C=O) groups excluding carboxylic acids is 1. The van der Waals surface area contributed by atoms with Crippen LogP contribution in [0.3, 0.4) is 0 Å². The molecule has 2 aliphatic rings. The summed E-state index contributed by atoms with van der Waals surface area (Å²) in [6, 6.07) is 0. The molecule has 0 amide bonds. The average Bonchev–Trinajstić information content (AvgIpc) is 2.59. The van der Waals surface area contributed by atoms with Crippen molar-refractivity contribution in [3.63, 3.8) is 0 Å². The van der Waals surface area contributed by atoms with Gasteiger partial charge in [0.1, 0.15) is 30.5 Å². The maximum Gasteiger partial charge on any atom is 0.302 e. The molecular formula is C21H34O9. The lowest BCUT2D eigenvalue weighted by atomic mass is 9.65. The third-order valence-corrected chi connectivity index (χ3v) is 5.57. The summed E-state index contributed by atoms with van der Waals surface area (Å²) in [7, 11) is 0. The minimum atomic E-state index is -1.52. The first-order valence-corrected chi connectivity index (χ1v) is 10.1. The fraction of sp³-hybridized carbons (Fsp3) is 0.810. The lowest BCUT2D eigenvalue weighted by Crippen LogP contribution is -2.59. The molecule has 30 heavy (non-hydrogen) atoms. The van der Waals surface area contributed by atoms with Gasteiger partial charge in [0, 0.05) is 18.9 Å². The Bertz CT molecular complexity index is 658. The van der Waals surface area contributed by atoms with Gasteiger partial charge in [0.25, 0.3) is 0 Å². The Morgan fingerprint density at radius 3 is 2.40 bits per heavy atom. The molecule has 1 aliphatic carbocycles. The maximum atomic E-state index is 11.3. The summed E-state index contributed by atoms with van der Waals surface area (Å²) in [5.41, 5.74) is 1.98. The highest BCUT2D eigenvalue weighted by atomic mass is 16.7. The van der Waals surface area contributed by atoms with E-state index in [0.29, 0.717) is 12.0 Å². The van der Waals surface area contributed by atoms with Crippen LogP contribution in [-0.4, -0.2) is 86.6 Å². The molecule has 9 nitrogen and oxygen atoms in total. The number of carbonyl (C=O) groups is 1. The molecule has 1 saturated carbocycles. The molecule has 8 atom stereocenters. The Balaban J connectivity index is 2.16. The van der Waals surface area contributed by atoms with Crippen molar-refractivity contribution in [2.45, 2.75) is 96.0 Å². The van der Waals surface area contributed by atoms with Crippen LogP contribution in [0.25, 0.3) is 0 Å². The number of hydrogen-bond acceptors (Lipinski definition) is 9. The highest BCUT2D eigenvalue weighted by Crippen LogP contribution is 2.46. The van der Waals surface area contributed by atoms with E-state index in [1.807, 2.05) is 13.8 Å². The number of rotatable bonds is 5. The summed E-state index contributed by atoms with van der Waals surface area (Å²) < 4.78 is 16.3. The van der Waals surface area contributed by atoms with Gasteiger partial charge in [0.15, 0.2) is 6.29 Å². The van der Waals surface area contributed by atoms with Crippen LogP contribution in [0.4, 0.5) is 0 Å². The summed E-state index contributed by atoms with van der Waals surface area (Å²) in [4.78, 5) is 11.3. The van der Waals surface area contributed by atoms with Crippen LogP contribution in [0.2, 0.25) is 0 Å². The minimum absolute atomic E-state index is 0.244. The molecule has 0 bridgehead atoms. The zero-order chi connectivity index (χ0) is 22.9. The molecule has 0 aromatic heterocycles. The third kappa shape index (κ3) is 5.69. The Kier molecular flexibility index (Phi) is 7.88. The van der Waals surface area contributed by atoms with Crippen molar-refractivity contribution in [2.24, 2.45) is 5.41 Å². The quantitative estimate of drug-likeness (QED) is 0.295. The monoisotopic (exact) mass is 430 g/mol. The van der Waals surface area contributed by atoms with Gasteiger partial charge in [0.2, 0.25) is 0 Å². The molecule has 0 unspecified atom stereocenters. The van der Waals surface area contributed by atoms with Gasteiger partial charge in [-0.3, -0.25) is 4.79 Å². The van der Waals surface area contributed by atoms with E-state index in [1.165, 1.54) is 6.92 Å². The van der Waals surface area contributed by atoms with Gasteiger partial charge in [0.05, 0.1) is 18.3 Å². The first kappa shape index (κ1) is 25.0. The third-order valence-electron chi connectivity index (χ3n) is 5.57. The lowest BCUT2D eigenvalue weighted by Gasteiger charge is -2.44. The molecule has 0 radical (unpaired) electrons. The lowest BCUT2D eigenvalue weighted by molar-refractivity contribution is -0.306. The summed E-state index contributed by atoms with van der Waals surface area (Å²) in [6.45, 7) is 7.96. The Morgan fingerprint density at radius 1 is 1.23 bits per heavy atom. The smallest absolute Gasteiger partial charge is 0.302 e. The van der Waals surface area contributed by atoms with Crippen LogP contribution in [0.1, 0.15) is 47.5 Å². The maximum absolute atomic E-state index is 11.3. The molecule has 9 heteroatoms. The molecule has 1 heterocycles. The predicted octanol–water partition coefficient (Wildman–Crippen LogP) is -0.224. The van der Waals surface area contributed by atoms with E-state index < -0.39 is 66.5 Å². The Hall–Kier alpha value is -1.29. The summed E-state index contributed by atoms with van der Waals surface area (Å²) in [5.74, 6) is -0.392. The predicted molar refractivity (Wildman–Crippen MR) is 105 cm³/mol. The van der Waals surface area contributed by atoms with Crippen molar-refractivity contribution in [1.82, 2.24) is 0 Å². The molecule has 5 N–H and O–H groups in total. The molecule has 2 rings (SSSR count). The fourth-order valence-corrected chi connectivity index (χ4v) is 4.32. The van der Waals surface area contributed by atoms with Crippen molar-refractivity contribution in [3.05, 3.63) is 17.4 Å². The Labute approximate surface area is 176 Å². The van der Waals surface area contributed by atoms with Gasteiger partial charge in [-0.25, -0.2) is 0 Å². The second-order valence-corrected chi connectivity index (χ2v) is 9.02. The second kappa shape index (κ2) is 9.46. The molecular weight excluding hydrogens is 396 g/mol.